The molecule has 0 aromatic carbocycles. The Hall–Kier alpha value is -1.22. The highest BCUT2D eigenvalue weighted by Crippen LogP contribution is 2.21. The van der Waals surface area contributed by atoms with E-state index >= 15 is 0 Å². The predicted molar refractivity (Wildman–Crippen MR) is 74.6 cm³/mol. The van der Waals surface area contributed by atoms with Crippen LogP contribution in [0, 0.1) is 0 Å². The smallest absolute Gasteiger partial charge is 0.250 e. The lowest BCUT2D eigenvalue weighted by molar-refractivity contribution is 0.583. The van der Waals surface area contributed by atoms with Crippen LogP contribution in [0.15, 0.2) is 28.9 Å². The molecule has 0 aliphatic heterocycles. The van der Waals surface area contributed by atoms with E-state index in [0.717, 1.165) is 10.6 Å². The molecule has 0 radical (unpaired) electrons. The Balaban J connectivity index is 1.93. The lowest BCUT2D eigenvalue weighted by atomic mass is 10.3. The molecule has 2 heterocycles. The number of hydrogen-bond acceptors (Lipinski definition) is 5. The summed E-state index contributed by atoms with van der Waals surface area (Å²) in [6, 6.07) is 3.46. The van der Waals surface area contributed by atoms with E-state index in [4.69, 9.17) is 0 Å². The van der Waals surface area contributed by atoms with Gasteiger partial charge >= 0.3 is 0 Å². The third kappa shape index (κ3) is 3.87. The highest BCUT2D eigenvalue weighted by Gasteiger charge is 2.16. The summed E-state index contributed by atoms with van der Waals surface area (Å²) >= 11 is 1.28. The fourth-order valence-electron chi connectivity index (χ4n) is 1.58. The molecule has 0 spiro atoms. The number of hydrogen-bond donors (Lipinski definition) is 3. The van der Waals surface area contributed by atoms with Gasteiger partial charge in [0.1, 0.15) is 4.21 Å². The molecule has 0 atom stereocenters. The van der Waals surface area contributed by atoms with Crippen molar-refractivity contribution >= 4 is 21.4 Å². The average molecular weight is 300 g/mol. The van der Waals surface area contributed by atoms with E-state index in [9.17, 15) is 8.42 Å². The lowest BCUT2D eigenvalue weighted by Gasteiger charge is -2.03. The Morgan fingerprint density at radius 3 is 2.95 bits per heavy atom. The number of aromatic amines is 1. The van der Waals surface area contributed by atoms with Crippen LogP contribution in [0.4, 0.5) is 0 Å². The summed E-state index contributed by atoms with van der Waals surface area (Å²) < 4.78 is 27.0. The average Bonchev–Trinajstić information content (AvgIpc) is 3.00. The van der Waals surface area contributed by atoms with Gasteiger partial charge in [0.2, 0.25) is 10.0 Å². The SMILES string of the molecule is CNCc1ccc(S(=O)(=O)NCCc2cnc[nH]2)s1. The van der Waals surface area contributed by atoms with Gasteiger partial charge in [-0.2, -0.15) is 0 Å². The monoisotopic (exact) mass is 300 g/mol. The maximum Gasteiger partial charge on any atom is 0.250 e. The molecule has 2 aromatic rings. The molecule has 0 aliphatic carbocycles. The molecular weight excluding hydrogens is 284 g/mol. The third-order valence-electron chi connectivity index (χ3n) is 2.49. The Morgan fingerprint density at radius 2 is 2.26 bits per heavy atom. The zero-order valence-electron chi connectivity index (χ0n) is 10.5. The van der Waals surface area contributed by atoms with Crippen LogP contribution in [-0.4, -0.2) is 32.0 Å². The number of nitrogens with zero attached hydrogens (tertiary/aromatic N) is 1. The van der Waals surface area contributed by atoms with Crippen molar-refractivity contribution in [2.45, 2.75) is 17.2 Å². The fourth-order valence-corrected chi connectivity index (χ4v) is 4.03. The first-order valence-electron chi connectivity index (χ1n) is 5.82. The van der Waals surface area contributed by atoms with Crippen LogP contribution in [0.5, 0.6) is 0 Å². The maximum absolute atomic E-state index is 12.0. The van der Waals surface area contributed by atoms with Crippen molar-refractivity contribution in [2.75, 3.05) is 13.6 Å². The van der Waals surface area contributed by atoms with E-state index in [1.807, 2.05) is 13.1 Å². The van der Waals surface area contributed by atoms with E-state index in [1.54, 1.807) is 18.6 Å². The van der Waals surface area contributed by atoms with Gasteiger partial charge in [-0.1, -0.05) is 0 Å². The minimum absolute atomic E-state index is 0.349. The van der Waals surface area contributed by atoms with E-state index in [-0.39, 0.29) is 0 Å². The van der Waals surface area contributed by atoms with Gasteiger partial charge in [-0.15, -0.1) is 11.3 Å². The molecule has 104 valence electrons. The highest BCUT2D eigenvalue weighted by atomic mass is 32.2. The Morgan fingerprint density at radius 1 is 1.42 bits per heavy atom. The zero-order valence-corrected chi connectivity index (χ0v) is 12.1. The molecule has 0 unspecified atom stereocenters. The van der Waals surface area contributed by atoms with Crippen molar-refractivity contribution in [2.24, 2.45) is 0 Å². The van der Waals surface area contributed by atoms with Gasteiger partial charge in [0.25, 0.3) is 0 Å². The minimum atomic E-state index is -3.40. The summed E-state index contributed by atoms with van der Waals surface area (Å²) in [5, 5.41) is 2.99. The second kappa shape index (κ2) is 6.29. The summed E-state index contributed by atoms with van der Waals surface area (Å²) in [5.74, 6) is 0. The number of aromatic nitrogens is 2. The van der Waals surface area contributed by atoms with Gasteiger partial charge in [-0.05, 0) is 19.2 Å². The molecule has 2 aromatic heterocycles. The Kier molecular flexibility index (Phi) is 4.70. The summed E-state index contributed by atoms with van der Waals surface area (Å²) in [7, 11) is -1.57. The van der Waals surface area contributed by atoms with E-state index in [2.05, 4.69) is 20.0 Å². The molecule has 0 saturated carbocycles. The van der Waals surface area contributed by atoms with Crippen LogP contribution in [0.2, 0.25) is 0 Å². The molecule has 0 fully saturated rings. The molecule has 2 rings (SSSR count). The van der Waals surface area contributed by atoms with Gasteiger partial charge in [0.15, 0.2) is 0 Å². The standard InChI is InChI=1S/C11H16N4O2S2/c1-12-7-10-2-3-11(18-10)19(16,17)15-5-4-9-6-13-8-14-9/h2-3,6,8,12,15H,4-5,7H2,1H3,(H,13,14). The van der Waals surface area contributed by atoms with Crippen LogP contribution in [0.1, 0.15) is 10.6 Å². The molecule has 0 amide bonds. The fraction of sp³-hybridized carbons (Fsp3) is 0.364. The van der Waals surface area contributed by atoms with Crippen molar-refractivity contribution in [1.82, 2.24) is 20.0 Å². The molecule has 0 aliphatic rings. The molecule has 6 nitrogen and oxygen atoms in total. The zero-order chi connectivity index (χ0) is 13.7. The Labute approximate surface area is 116 Å². The molecular formula is C11H16N4O2S2. The summed E-state index contributed by atoms with van der Waals surface area (Å²) in [6.45, 7) is 1.03. The molecule has 19 heavy (non-hydrogen) atoms. The van der Waals surface area contributed by atoms with Crippen LogP contribution in [0.25, 0.3) is 0 Å². The number of H-pyrrole nitrogens is 1. The van der Waals surface area contributed by atoms with Crippen LogP contribution in [0.3, 0.4) is 0 Å². The largest absolute Gasteiger partial charge is 0.348 e. The first kappa shape index (κ1) is 14.2. The number of thiophene rings is 1. The Bertz CT molecular complexity index is 604. The van der Waals surface area contributed by atoms with Crippen LogP contribution < -0.4 is 10.0 Å². The minimum Gasteiger partial charge on any atom is -0.348 e. The van der Waals surface area contributed by atoms with E-state index < -0.39 is 10.0 Å². The molecule has 3 N–H and O–H groups in total. The molecule has 8 heteroatoms. The maximum atomic E-state index is 12.0. The van der Waals surface area contributed by atoms with Gasteiger partial charge < -0.3 is 10.3 Å². The van der Waals surface area contributed by atoms with Gasteiger partial charge in [-0.3, -0.25) is 0 Å². The molecule has 0 bridgehead atoms. The van der Waals surface area contributed by atoms with E-state index in [0.29, 0.717) is 23.7 Å². The summed E-state index contributed by atoms with van der Waals surface area (Å²) in [6.07, 6.45) is 3.85. The summed E-state index contributed by atoms with van der Waals surface area (Å²) in [4.78, 5) is 7.81. The predicted octanol–water partition coefficient (Wildman–Crippen LogP) is 0.712. The van der Waals surface area contributed by atoms with Crippen LogP contribution >= 0.6 is 11.3 Å². The first-order chi connectivity index (χ1) is 9.12. The van der Waals surface area contributed by atoms with Crippen molar-refractivity contribution in [3.05, 3.63) is 35.2 Å². The molecule has 0 saturated heterocycles. The first-order valence-corrected chi connectivity index (χ1v) is 8.12. The number of nitrogens with one attached hydrogen (secondary N) is 3. The number of imidazole rings is 1. The summed E-state index contributed by atoms with van der Waals surface area (Å²) in [5.41, 5.74) is 0.907. The number of rotatable bonds is 7. The van der Waals surface area contributed by atoms with Gasteiger partial charge in [0, 0.05) is 36.3 Å². The van der Waals surface area contributed by atoms with E-state index in [1.165, 1.54) is 11.3 Å². The third-order valence-corrected chi connectivity index (χ3v) is 5.53. The van der Waals surface area contributed by atoms with Crippen molar-refractivity contribution in [3.63, 3.8) is 0 Å². The van der Waals surface area contributed by atoms with Gasteiger partial charge in [0.05, 0.1) is 6.33 Å². The lowest BCUT2D eigenvalue weighted by Crippen LogP contribution is -2.25. The topological polar surface area (TPSA) is 86.9 Å². The van der Waals surface area contributed by atoms with Crippen molar-refractivity contribution < 1.29 is 8.42 Å². The normalized spacial score (nSPS) is 11.8. The van der Waals surface area contributed by atoms with Crippen LogP contribution in [-0.2, 0) is 23.0 Å². The van der Waals surface area contributed by atoms with Crippen molar-refractivity contribution in [3.8, 4) is 0 Å². The highest BCUT2D eigenvalue weighted by molar-refractivity contribution is 7.91. The number of sulfonamides is 1. The van der Waals surface area contributed by atoms with Crippen molar-refractivity contribution in [1.29, 1.82) is 0 Å². The quantitative estimate of drug-likeness (QED) is 0.703. The second-order valence-electron chi connectivity index (χ2n) is 3.98. The van der Waals surface area contributed by atoms with Gasteiger partial charge in [-0.25, -0.2) is 18.1 Å². The second-order valence-corrected chi connectivity index (χ2v) is 7.14.